The molecule has 1 fully saturated rings. The summed E-state index contributed by atoms with van der Waals surface area (Å²) in [7, 11) is -3.49. The zero-order valence-corrected chi connectivity index (χ0v) is 11.3. The van der Waals surface area contributed by atoms with Gasteiger partial charge >= 0.3 is 0 Å². The summed E-state index contributed by atoms with van der Waals surface area (Å²) in [5, 5.41) is 8.84. The van der Waals surface area contributed by atoms with E-state index in [-0.39, 0.29) is 17.0 Å². The number of sulfonamides is 1. The molecule has 2 rings (SSSR count). The van der Waals surface area contributed by atoms with Gasteiger partial charge in [-0.3, -0.25) is 0 Å². The molecule has 0 aliphatic heterocycles. The van der Waals surface area contributed by atoms with Crippen LogP contribution in [0.25, 0.3) is 0 Å². The molecule has 0 N–H and O–H groups in total. The molecule has 18 heavy (non-hydrogen) atoms. The lowest BCUT2D eigenvalue weighted by Crippen LogP contribution is -2.38. The summed E-state index contributed by atoms with van der Waals surface area (Å²) in [4.78, 5) is 0.210. The van der Waals surface area contributed by atoms with E-state index in [2.05, 4.69) is 0 Å². The van der Waals surface area contributed by atoms with Crippen molar-refractivity contribution >= 4 is 10.0 Å². The maximum atomic E-state index is 12.5. The van der Waals surface area contributed by atoms with Crippen LogP contribution in [-0.4, -0.2) is 24.8 Å². The van der Waals surface area contributed by atoms with E-state index in [1.807, 2.05) is 19.9 Å². The molecule has 1 aromatic carbocycles. The fourth-order valence-corrected chi connectivity index (χ4v) is 4.00. The molecule has 0 unspecified atom stereocenters. The van der Waals surface area contributed by atoms with Gasteiger partial charge in [-0.25, -0.2) is 8.42 Å². The van der Waals surface area contributed by atoms with Crippen molar-refractivity contribution < 1.29 is 8.42 Å². The Morgan fingerprint density at radius 2 is 2.06 bits per heavy atom. The Morgan fingerprint density at radius 1 is 1.39 bits per heavy atom. The van der Waals surface area contributed by atoms with Gasteiger partial charge in [-0.05, 0) is 44.9 Å². The summed E-state index contributed by atoms with van der Waals surface area (Å²) in [5.41, 5.74) is 0.371. The predicted molar refractivity (Wildman–Crippen MR) is 68.3 cm³/mol. The van der Waals surface area contributed by atoms with Crippen LogP contribution in [0.4, 0.5) is 0 Å². The van der Waals surface area contributed by atoms with Gasteiger partial charge in [0.05, 0.1) is 16.5 Å². The average Bonchev–Trinajstić information content (AvgIpc) is 3.13. The summed E-state index contributed by atoms with van der Waals surface area (Å²) in [6, 6.07) is 8.24. The number of nitriles is 1. The van der Waals surface area contributed by atoms with Crippen molar-refractivity contribution in [3.05, 3.63) is 29.8 Å². The van der Waals surface area contributed by atoms with E-state index in [1.54, 1.807) is 22.5 Å². The first kappa shape index (κ1) is 13.1. The van der Waals surface area contributed by atoms with Crippen LogP contribution in [0.5, 0.6) is 0 Å². The molecule has 5 heteroatoms. The molecule has 0 spiro atoms. The van der Waals surface area contributed by atoms with Crippen LogP contribution in [0.2, 0.25) is 0 Å². The highest BCUT2D eigenvalue weighted by Crippen LogP contribution is 2.33. The van der Waals surface area contributed by atoms with Crippen molar-refractivity contribution in [1.82, 2.24) is 4.31 Å². The molecule has 0 aromatic heterocycles. The van der Waals surface area contributed by atoms with Crippen molar-refractivity contribution in [2.45, 2.75) is 43.7 Å². The van der Waals surface area contributed by atoms with Gasteiger partial charge in [0.15, 0.2) is 0 Å². The van der Waals surface area contributed by atoms with E-state index in [0.29, 0.717) is 5.56 Å². The monoisotopic (exact) mass is 264 g/mol. The highest BCUT2D eigenvalue weighted by Gasteiger charge is 2.39. The molecule has 96 valence electrons. The van der Waals surface area contributed by atoms with Crippen LogP contribution in [0.1, 0.15) is 32.3 Å². The SMILES string of the molecule is CC(C)N(C1CC1)S(=O)(=O)c1cccc(C#N)c1. The van der Waals surface area contributed by atoms with Gasteiger partial charge in [0.25, 0.3) is 0 Å². The Kier molecular flexibility index (Phi) is 3.42. The van der Waals surface area contributed by atoms with E-state index >= 15 is 0 Å². The quantitative estimate of drug-likeness (QED) is 0.837. The summed E-state index contributed by atoms with van der Waals surface area (Å²) in [5.74, 6) is 0. The lowest BCUT2D eigenvalue weighted by molar-refractivity contribution is 0.346. The minimum Gasteiger partial charge on any atom is -0.207 e. The van der Waals surface area contributed by atoms with Gasteiger partial charge in [0.2, 0.25) is 10.0 Å². The number of hydrogen-bond acceptors (Lipinski definition) is 3. The van der Waals surface area contributed by atoms with Gasteiger partial charge in [0, 0.05) is 12.1 Å². The minimum atomic E-state index is -3.49. The van der Waals surface area contributed by atoms with Crippen LogP contribution >= 0.6 is 0 Å². The van der Waals surface area contributed by atoms with E-state index in [0.717, 1.165) is 12.8 Å². The molecular weight excluding hydrogens is 248 g/mol. The summed E-state index contributed by atoms with van der Waals surface area (Å²) in [6.07, 6.45) is 1.85. The van der Waals surface area contributed by atoms with Crippen LogP contribution in [0.15, 0.2) is 29.2 Å². The van der Waals surface area contributed by atoms with E-state index in [4.69, 9.17) is 5.26 Å². The van der Waals surface area contributed by atoms with Gasteiger partial charge in [-0.1, -0.05) is 6.07 Å². The lowest BCUT2D eigenvalue weighted by atomic mass is 10.2. The Balaban J connectivity index is 2.43. The fourth-order valence-electron chi connectivity index (χ4n) is 2.07. The maximum absolute atomic E-state index is 12.5. The summed E-state index contributed by atoms with van der Waals surface area (Å²) in [6.45, 7) is 3.76. The van der Waals surface area contributed by atoms with Gasteiger partial charge < -0.3 is 0 Å². The average molecular weight is 264 g/mol. The third-order valence-electron chi connectivity index (χ3n) is 2.95. The van der Waals surface area contributed by atoms with Gasteiger partial charge in [-0.15, -0.1) is 0 Å². The van der Waals surface area contributed by atoms with Crippen molar-refractivity contribution in [2.75, 3.05) is 0 Å². The molecule has 0 bridgehead atoms. The van der Waals surface area contributed by atoms with Crippen molar-refractivity contribution in [2.24, 2.45) is 0 Å². The molecule has 1 saturated carbocycles. The zero-order chi connectivity index (χ0) is 13.3. The van der Waals surface area contributed by atoms with Crippen molar-refractivity contribution in [1.29, 1.82) is 5.26 Å². The van der Waals surface area contributed by atoms with Crippen molar-refractivity contribution in [3.63, 3.8) is 0 Å². The molecule has 4 nitrogen and oxygen atoms in total. The van der Waals surface area contributed by atoms with Crippen LogP contribution in [-0.2, 0) is 10.0 Å². The predicted octanol–water partition coefficient (Wildman–Crippen LogP) is 2.12. The molecule has 0 atom stereocenters. The Hall–Kier alpha value is -1.38. The van der Waals surface area contributed by atoms with Gasteiger partial charge in [-0.2, -0.15) is 9.57 Å². The summed E-state index contributed by atoms with van der Waals surface area (Å²) >= 11 is 0. The second kappa shape index (κ2) is 4.71. The second-order valence-electron chi connectivity index (χ2n) is 4.80. The van der Waals surface area contributed by atoms with Crippen LogP contribution in [0.3, 0.4) is 0 Å². The Labute approximate surface area is 108 Å². The molecule has 0 amide bonds. The first-order valence-electron chi connectivity index (χ1n) is 6.00. The molecular formula is C13H16N2O2S. The Morgan fingerprint density at radius 3 is 2.56 bits per heavy atom. The topological polar surface area (TPSA) is 61.2 Å². The maximum Gasteiger partial charge on any atom is 0.243 e. The molecule has 0 saturated heterocycles. The standard InChI is InChI=1S/C13H16N2O2S/c1-10(2)15(12-6-7-12)18(16,17)13-5-3-4-11(8-13)9-14/h3-5,8,10,12H,6-7H2,1-2H3. The third-order valence-corrected chi connectivity index (χ3v) is 5.08. The lowest BCUT2D eigenvalue weighted by Gasteiger charge is -2.25. The highest BCUT2D eigenvalue weighted by molar-refractivity contribution is 7.89. The smallest absolute Gasteiger partial charge is 0.207 e. The first-order valence-corrected chi connectivity index (χ1v) is 7.44. The van der Waals surface area contributed by atoms with E-state index in [1.165, 1.54) is 6.07 Å². The normalized spacial score (nSPS) is 15.9. The number of rotatable bonds is 4. The van der Waals surface area contributed by atoms with Gasteiger partial charge in [0.1, 0.15) is 0 Å². The van der Waals surface area contributed by atoms with E-state index < -0.39 is 10.0 Å². The summed E-state index contributed by atoms with van der Waals surface area (Å²) < 4.78 is 26.6. The molecule has 1 aromatic rings. The molecule has 0 heterocycles. The van der Waals surface area contributed by atoms with Crippen LogP contribution < -0.4 is 0 Å². The first-order chi connectivity index (χ1) is 8.46. The number of benzene rings is 1. The highest BCUT2D eigenvalue weighted by atomic mass is 32.2. The van der Waals surface area contributed by atoms with Crippen molar-refractivity contribution in [3.8, 4) is 6.07 Å². The van der Waals surface area contributed by atoms with E-state index in [9.17, 15) is 8.42 Å². The molecule has 1 aliphatic rings. The number of hydrogen-bond donors (Lipinski definition) is 0. The largest absolute Gasteiger partial charge is 0.243 e. The molecule has 1 aliphatic carbocycles. The van der Waals surface area contributed by atoms with Crippen LogP contribution in [0, 0.1) is 11.3 Å². The third kappa shape index (κ3) is 2.40. The number of nitrogens with zero attached hydrogens (tertiary/aromatic N) is 2. The Bertz CT molecular complexity index is 581. The fraction of sp³-hybridized carbons (Fsp3) is 0.462. The minimum absolute atomic E-state index is 0.0618. The zero-order valence-electron chi connectivity index (χ0n) is 10.5. The molecule has 0 radical (unpaired) electrons. The second-order valence-corrected chi connectivity index (χ2v) is 6.64.